The van der Waals surface area contributed by atoms with Gasteiger partial charge in [0.25, 0.3) is 5.69 Å². The van der Waals surface area contributed by atoms with Crippen LogP contribution in [0.4, 0.5) is 11.4 Å². The molecule has 9 nitrogen and oxygen atoms in total. The van der Waals surface area contributed by atoms with Gasteiger partial charge in [-0.15, -0.1) is 10.2 Å². The van der Waals surface area contributed by atoms with Gasteiger partial charge in [-0.3, -0.25) is 19.9 Å². The minimum absolute atomic E-state index is 0.0713. The molecular weight excluding hydrogens is 368 g/mol. The molecule has 10 heteroatoms. The Hall–Kier alpha value is -3.27. The van der Waals surface area contributed by atoms with E-state index in [2.05, 4.69) is 20.5 Å². The number of benzene rings is 1. The summed E-state index contributed by atoms with van der Waals surface area (Å²) in [6.45, 7) is 1.77. The summed E-state index contributed by atoms with van der Waals surface area (Å²) in [5, 5.41) is 22.4. The maximum Gasteiger partial charge on any atom is 0.271 e. The van der Waals surface area contributed by atoms with Crippen LogP contribution in [0.3, 0.4) is 0 Å². The quantitative estimate of drug-likeness (QED) is 0.394. The molecule has 0 aliphatic heterocycles. The van der Waals surface area contributed by atoms with Gasteiger partial charge in [0.15, 0.2) is 11.0 Å². The Bertz CT molecular complexity index is 990. The second-order valence-corrected chi connectivity index (χ2v) is 6.64. The molecule has 3 rings (SSSR count). The molecule has 3 aromatic rings. The molecule has 0 atom stereocenters. The number of carbonyl (C=O) groups is 1. The van der Waals surface area contributed by atoms with Crippen molar-refractivity contribution >= 4 is 29.0 Å². The number of thioether (sulfide) groups is 1. The van der Waals surface area contributed by atoms with Crippen LogP contribution in [0.25, 0.3) is 11.4 Å². The molecule has 0 saturated heterocycles. The lowest BCUT2D eigenvalue weighted by molar-refractivity contribution is -0.384. The van der Waals surface area contributed by atoms with E-state index in [-0.39, 0.29) is 17.3 Å². The smallest absolute Gasteiger partial charge is 0.271 e. The van der Waals surface area contributed by atoms with Crippen molar-refractivity contribution in [1.29, 1.82) is 0 Å². The molecule has 2 aromatic heterocycles. The zero-order chi connectivity index (χ0) is 19.4. The normalized spacial score (nSPS) is 10.6. The molecule has 0 aliphatic rings. The highest BCUT2D eigenvalue weighted by Crippen LogP contribution is 2.24. The van der Waals surface area contributed by atoms with Crippen LogP contribution in [0.15, 0.2) is 47.9 Å². The van der Waals surface area contributed by atoms with Crippen LogP contribution >= 0.6 is 11.8 Å². The molecular formula is C17H16N6O3S. The number of nitro benzene ring substituents is 1. The third-order valence-corrected chi connectivity index (χ3v) is 4.81. The van der Waals surface area contributed by atoms with Gasteiger partial charge >= 0.3 is 0 Å². The third-order valence-electron chi connectivity index (χ3n) is 3.79. The number of pyridine rings is 1. The fourth-order valence-corrected chi connectivity index (χ4v) is 3.07. The van der Waals surface area contributed by atoms with Crippen LogP contribution in [-0.4, -0.2) is 36.3 Å². The number of amides is 1. The Morgan fingerprint density at radius 2 is 2.15 bits per heavy atom. The number of nitro groups is 1. The van der Waals surface area contributed by atoms with Crippen LogP contribution in [0, 0.1) is 17.0 Å². The Morgan fingerprint density at radius 3 is 2.85 bits per heavy atom. The summed E-state index contributed by atoms with van der Waals surface area (Å²) in [7, 11) is 1.81. The molecule has 2 heterocycles. The fourth-order valence-electron chi connectivity index (χ4n) is 2.36. The molecule has 0 unspecified atom stereocenters. The van der Waals surface area contributed by atoms with Crippen LogP contribution < -0.4 is 5.32 Å². The summed E-state index contributed by atoms with van der Waals surface area (Å²) >= 11 is 1.23. The van der Waals surface area contributed by atoms with E-state index < -0.39 is 4.92 Å². The van der Waals surface area contributed by atoms with E-state index >= 15 is 0 Å². The SMILES string of the molecule is Cc1ccc([N+](=O)[O-])cc1NC(=O)CSc1nnc(-c2cccnc2)n1C. The van der Waals surface area contributed by atoms with E-state index in [4.69, 9.17) is 0 Å². The number of aromatic nitrogens is 4. The number of aryl methyl sites for hydroxylation is 1. The molecule has 0 aliphatic carbocycles. The molecule has 0 fully saturated rings. The first-order chi connectivity index (χ1) is 13.0. The monoisotopic (exact) mass is 384 g/mol. The Kier molecular flexibility index (Phi) is 5.46. The average molecular weight is 384 g/mol. The Morgan fingerprint density at radius 1 is 1.33 bits per heavy atom. The van der Waals surface area contributed by atoms with E-state index in [0.717, 1.165) is 11.1 Å². The molecule has 138 valence electrons. The van der Waals surface area contributed by atoms with E-state index in [1.807, 2.05) is 19.2 Å². The van der Waals surface area contributed by atoms with Crippen molar-refractivity contribution in [2.45, 2.75) is 12.1 Å². The predicted octanol–water partition coefficient (Wildman–Crippen LogP) is 2.82. The first-order valence-electron chi connectivity index (χ1n) is 7.93. The second-order valence-electron chi connectivity index (χ2n) is 5.70. The van der Waals surface area contributed by atoms with Gasteiger partial charge < -0.3 is 9.88 Å². The number of non-ortho nitro benzene ring substituents is 1. The van der Waals surface area contributed by atoms with Crippen LogP contribution in [0.2, 0.25) is 0 Å². The van der Waals surface area contributed by atoms with Gasteiger partial charge in [0.1, 0.15) is 0 Å². The van der Waals surface area contributed by atoms with Crippen molar-refractivity contribution < 1.29 is 9.72 Å². The maximum atomic E-state index is 12.2. The van der Waals surface area contributed by atoms with E-state index in [9.17, 15) is 14.9 Å². The lowest BCUT2D eigenvalue weighted by Crippen LogP contribution is -2.15. The fraction of sp³-hybridized carbons (Fsp3) is 0.176. The summed E-state index contributed by atoms with van der Waals surface area (Å²) in [5.74, 6) is 0.469. The largest absolute Gasteiger partial charge is 0.325 e. The van der Waals surface area contributed by atoms with Gasteiger partial charge in [0.05, 0.1) is 16.4 Å². The number of nitrogens with one attached hydrogen (secondary N) is 1. The Labute approximate surface area is 159 Å². The number of rotatable bonds is 6. The molecule has 1 N–H and O–H groups in total. The number of hydrogen-bond donors (Lipinski definition) is 1. The zero-order valence-electron chi connectivity index (χ0n) is 14.6. The highest BCUT2D eigenvalue weighted by molar-refractivity contribution is 7.99. The van der Waals surface area contributed by atoms with Crippen molar-refractivity contribution in [3.8, 4) is 11.4 Å². The van der Waals surface area contributed by atoms with Crippen molar-refractivity contribution in [1.82, 2.24) is 19.7 Å². The average Bonchev–Trinajstić information content (AvgIpc) is 3.03. The van der Waals surface area contributed by atoms with E-state index in [1.54, 1.807) is 30.0 Å². The van der Waals surface area contributed by atoms with Gasteiger partial charge in [-0.25, -0.2) is 0 Å². The topological polar surface area (TPSA) is 116 Å². The molecule has 1 amide bonds. The van der Waals surface area contributed by atoms with E-state index in [1.165, 1.54) is 23.9 Å². The molecule has 1 aromatic carbocycles. The van der Waals surface area contributed by atoms with E-state index in [0.29, 0.717) is 16.7 Å². The van der Waals surface area contributed by atoms with Gasteiger partial charge in [0.2, 0.25) is 5.91 Å². The summed E-state index contributed by atoms with van der Waals surface area (Å²) in [4.78, 5) is 26.7. The lowest BCUT2D eigenvalue weighted by Gasteiger charge is -2.08. The summed E-state index contributed by atoms with van der Waals surface area (Å²) in [6, 6.07) is 8.04. The molecule has 0 spiro atoms. The van der Waals surface area contributed by atoms with Crippen LogP contribution in [0.1, 0.15) is 5.56 Å². The lowest BCUT2D eigenvalue weighted by atomic mass is 10.2. The van der Waals surface area contributed by atoms with Crippen molar-refractivity contribution in [3.63, 3.8) is 0 Å². The molecule has 0 bridgehead atoms. The van der Waals surface area contributed by atoms with Gasteiger partial charge in [-0.05, 0) is 24.6 Å². The highest BCUT2D eigenvalue weighted by Gasteiger charge is 2.15. The summed E-state index contributed by atoms with van der Waals surface area (Å²) in [6.07, 6.45) is 3.37. The minimum atomic E-state index is -0.497. The Balaban J connectivity index is 1.66. The highest BCUT2D eigenvalue weighted by atomic mass is 32.2. The van der Waals surface area contributed by atoms with Crippen LogP contribution in [-0.2, 0) is 11.8 Å². The number of nitrogens with zero attached hydrogens (tertiary/aromatic N) is 5. The molecule has 27 heavy (non-hydrogen) atoms. The third kappa shape index (κ3) is 4.29. The minimum Gasteiger partial charge on any atom is -0.325 e. The number of anilines is 1. The van der Waals surface area contributed by atoms with Crippen LogP contribution in [0.5, 0.6) is 0 Å². The molecule has 0 saturated carbocycles. The maximum absolute atomic E-state index is 12.2. The zero-order valence-corrected chi connectivity index (χ0v) is 15.4. The van der Waals surface area contributed by atoms with Crippen molar-refractivity contribution in [3.05, 3.63) is 58.4 Å². The van der Waals surface area contributed by atoms with Gasteiger partial charge in [-0.2, -0.15) is 0 Å². The van der Waals surface area contributed by atoms with Crippen molar-refractivity contribution in [2.75, 3.05) is 11.1 Å². The summed E-state index contributed by atoms with van der Waals surface area (Å²) < 4.78 is 1.79. The summed E-state index contributed by atoms with van der Waals surface area (Å²) in [5.41, 5.74) is 1.93. The first kappa shape index (κ1) is 18.5. The number of hydrogen-bond acceptors (Lipinski definition) is 7. The van der Waals surface area contributed by atoms with Gasteiger partial charge in [0, 0.05) is 37.1 Å². The van der Waals surface area contributed by atoms with Crippen molar-refractivity contribution in [2.24, 2.45) is 7.05 Å². The second kappa shape index (κ2) is 7.96. The first-order valence-corrected chi connectivity index (χ1v) is 8.91. The predicted molar refractivity (Wildman–Crippen MR) is 101 cm³/mol. The molecule has 0 radical (unpaired) electrons. The van der Waals surface area contributed by atoms with Gasteiger partial charge in [-0.1, -0.05) is 17.8 Å². The standard InChI is InChI=1S/C17H16N6O3S/c1-11-5-6-13(23(25)26)8-14(11)19-15(24)10-27-17-21-20-16(22(17)2)12-4-3-7-18-9-12/h3-9H,10H2,1-2H3,(H,19,24). The number of carbonyl (C=O) groups excluding carboxylic acids is 1.